The molecule has 0 aromatic carbocycles. The second kappa shape index (κ2) is 55.4. The highest BCUT2D eigenvalue weighted by Crippen LogP contribution is 2.14. The SMILES string of the molecule is CC/C=C\C/C=C\C/C=C\C/C=C\C/C=C\CCC(=O)OC(COC(=O)CCCCCCCC/C=C\C=C/CCCCC)COC(=O)CCCCCCCCCCC/C=C\C/C=C\C/C=C\CC. The fourth-order valence-corrected chi connectivity index (χ4v) is 7.14. The smallest absolute Gasteiger partial charge is 0.306 e. The minimum absolute atomic E-state index is 0.117. The number of hydrogen-bond acceptors (Lipinski definition) is 6. The van der Waals surface area contributed by atoms with Crippen LogP contribution in [0, 0.1) is 0 Å². The maximum absolute atomic E-state index is 12.8. The van der Waals surface area contributed by atoms with Gasteiger partial charge in [0, 0.05) is 19.3 Å². The highest BCUT2D eigenvalue weighted by molar-refractivity contribution is 5.71. The summed E-state index contributed by atoms with van der Waals surface area (Å²) in [5.74, 6) is -1.02. The molecule has 6 nitrogen and oxygen atoms in total. The summed E-state index contributed by atoms with van der Waals surface area (Å²) in [5.41, 5.74) is 0. The van der Waals surface area contributed by atoms with E-state index in [9.17, 15) is 14.4 Å². The van der Waals surface area contributed by atoms with E-state index in [-0.39, 0.29) is 31.6 Å². The van der Waals surface area contributed by atoms with E-state index in [1.54, 1.807) is 0 Å². The molecule has 0 spiro atoms. The van der Waals surface area contributed by atoms with Gasteiger partial charge in [0.2, 0.25) is 0 Å². The normalized spacial score (nSPS) is 13.0. The Morgan fingerprint density at radius 2 is 0.647 bits per heavy atom. The third kappa shape index (κ3) is 52.8. The number of hydrogen-bond donors (Lipinski definition) is 0. The van der Waals surface area contributed by atoms with Crippen molar-refractivity contribution in [2.75, 3.05) is 13.2 Å². The quantitative estimate of drug-likeness (QED) is 0.0199. The molecule has 0 aliphatic rings. The maximum Gasteiger partial charge on any atom is 0.306 e. The summed E-state index contributed by atoms with van der Waals surface area (Å²) in [7, 11) is 0. The minimum atomic E-state index is -0.828. The predicted molar refractivity (Wildman–Crippen MR) is 293 cm³/mol. The van der Waals surface area contributed by atoms with Crippen LogP contribution in [0.4, 0.5) is 0 Å². The number of carbonyl (C=O) groups excluding carboxylic acids is 3. The van der Waals surface area contributed by atoms with Gasteiger partial charge in [-0.05, 0) is 109 Å². The Labute approximate surface area is 418 Å². The standard InChI is InChI=1S/C62H100O6/c1-4-7-10-13-16-19-22-25-28-30-31-32-35-37-40-43-46-49-52-55-61(64)67-58-59(57-66-60(63)54-51-48-45-42-39-36-33-27-24-21-18-15-12-9-6-3)68-62(65)56-53-50-47-44-41-38-34-29-26-23-20-17-14-11-8-5-2/h7-8,10-11,16-21,24-29,38,41,47,50,59H,4-6,9,12-15,22-23,30-37,39-40,42-46,48-49,51-58H2,1-3H3/b10-7-,11-8-,19-16-,20-17-,21-18-,27-24-,28-25-,29-26-,41-38-,50-47-. The molecule has 0 bridgehead atoms. The van der Waals surface area contributed by atoms with Crippen molar-refractivity contribution in [1.29, 1.82) is 0 Å². The van der Waals surface area contributed by atoms with Gasteiger partial charge in [0.05, 0.1) is 0 Å². The highest BCUT2D eigenvalue weighted by Gasteiger charge is 2.19. The van der Waals surface area contributed by atoms with E-state index in [4.69, 9.17) is 14.2 Å². The Kier molecular flexibility index (Phi) is 52.0. The van der Waals surface area contributed by atoms with Crippen LogP contribution in [0.3, 0.4) is 0 Å². The summed E-state index contributed by atoms with van der Waals surface area (Å²) in [4.78, 5) is 38.1. The maximum atomic E-state index is 12.8. The Hall–Kier alpha value is -4.19. The van der Waals surface area contributed by atoms with Crippen LogP contribution in [-0.4, -0.2) is 37.2 Å². The number of carbonyl (C=O) groups is 3. The molecule has 1 atom stereocenters. The first kappa shape index (κ1) is 63.8. The average molecular weight is 941 g/mol. The van der Waals surface area contributed by atoms with Gasteiger partial charge < -0.3 is 14.2 Å². The van der Waals surface area contributed by atoms with E-state index in [2.05, 4.69) is 130 Å². The van der Waals surface area contributed by atoms with Gasteiger partial charge in [0.15, 0.2) is 6.10 Å². The number of unbranched alkanes of at least 4 members (excludes halogenated alkanes) is 18. The summed E-state index contributed by atoms with van der Waals surface area (Å²) < 4.78 is 16.8. The van der Waals surface area contributed by atoms with Crippen molar-refractivity contribution in [3.63, 3.8) is 0 Å². The van der Waals surface area contributed by atoms with Gasteiger partial charge in [-0.1, -0.05) is 226 Å². The number of allylic oxidation sites excluding steroid dienone is 20. The molecule has 1 unspecified atom stereocenters. The molecular formula is C62H100O6. The van der Waals surface area contributed by atoms with E-state index >= 15 is 0 Å². The lowest BCUT2D eigenvalue weighted by Gasteiger charge is -2.18. The van der Waals surface area contributed by atoms with Gasteiger partial charge in [-0.2, -0.15) is 0 Å². The molecule has 0 saturated carbocycles. The molecule has 0 heterocycles. The Morgan fingerprint density at radius 1 is 0.324 bits per heavy atom. The van der Waals surface area contributed by atoms with Crippen LogP contribution in [-0.2, 0) is 28.6 Å². The summed E-state index contributed by atoms with van der Waals surface area (Å²) in [6.07, 6.45) is 76.2. The monoisotopic (exact) mass is 941 g/mol. The van der Waals surface area contributed by atoms with E-state index < -0.39 is 12.1 Å². The molecule has 0 fully saturated rings. The summed E-state index contributed by atoms with van der Waals surface area (Å²) >= 11 is 0. The molecule has 384 valence electrons. The zero-order valence-electron chi connectivity index (χ0n) is 43.8. The molecule has 0 saturated heterocycles. The van der Waals surface area contributed by atoms with Gasteiger partial charge in [-0.15, -0.1) is 0 Å². The third-order valence-electron chi connectivity index (χ3n) is 11.2. The van der Waals surface area contributed by atoms with Crippen molar-refractivity contribution < 1.29 is 28.6 Å². The lowest BCUT2D eigenvalue weighted by molar-refractivity contribution is -0.166. The lowest BCUT2D eigenvalue weighted by atomic mass is 10.1. The Balaban J connectivity index is 4.51. The second-order valence-electron chi connectivity index (χ2n) is 17.8. The van der Waals surface area contributed by atoms with Crippen LogP contribution < -0.4 is 0 Å². The molecule has 0 radical (unpaired) electrons. The number of rotatable bonds is 48. The van der Waals surface area contributed by atoms with Crippen LogP contribution >= 0.6 is 0 Å². The Bertz CT molecular complexity index is 1450. The second-order valence-corrected chi connectivity index (χ2v) is 17.8. The summed E-state index contributed by atoms with van der Waals surface area (Å²) in [6, 6.07) is 0. The van der Waals surface area contributed by atoms with Gasteiger partial charge in [-0.25, -0.2) is 0 Å². The molecule has 0 aliphatic carbocycles. The van der Waals surface area contributed by atoms with Crippen LogP contribution in [0.15, 0.2) is 122 Å². The zero-order chi connectivity index (χ0) is 49.3. The molecule has 0 amide bonds. The molecule has 0 aliphatic heterocycles. The lowest BCUT2D eigenvalue weighted by Crippen LogP contribution is -2.30. The van der Waals surface area contributed by atoms with Crippen molar-refractivity contribution in [2.45, 2.75) is 239 Å². The molecule has 0 aromatic rings. The molecule has 68 heavy (non-hydrogen) atoms. The van der Waals surface area contributed by atoms with Crippen LogP contribution in [0.1, 0.15) is 233 Å². The van der Waals surface area contributed by atoms with Crippen LogP contribution in [0.25, 0.3) is 0 Å². The van der Waals surface area contributed by atoms with E-state index in [0.717, 1.165) is 109 Å². The molecule has 0 aromatic heterocycles. The van der Waals surface area contributed by atoms with E-state index in [0.29, 0.717) is 19.3 Å². The zero-order valence-corrected chi connectivity index (χ0v) is 43.8. The van der Waals surface area contributed by atoms with E-state index in [1.165, 1.54) is 77.0 Å². The van der Waals surface area contributed by atoms with Crippen LogP contribution in [0.5, 0.6) is 0 Å². The fourth-order valence-electron chi connectivity index (χ4n) is 7.14. The van der Waals surface area contributed by atoms with Crippen molar-refractivity contribution in [3.05, 3.63) is 122 Å². The van der Waals surface area contributed by atoms with Gasteiger partial charge >= 0.3 is 17.9 Å². The molecular weight excluding hydrogens is 841 g/mol. The van der Waals surface area contributed by atoms with Gasteiger partial charge in [-0.3, -0.25) is 14.4 Å². The first-order chi connectivity index (χ1) is 33.5. The fraction of sp³-hybridized carbons (Fsp3) is 0.629. The van der Waals surface area contributed by atoms with Crippen LogP contribution in [0.2, 0.25) is 0 Å². The minimum Gasteiger partial charge on any atom is -0.462 e. The van der Waals surface area contributed by atoms with E-state index in [1.807, 2.05) is 12.2 Å². The summed E-state index contributed by atoms with van der Waals surface area (Å²) in [6.45, 7) is 6.30. The molecule has 0 rings (SSSR count). The average Bonchev–Trinajstić information content (AvgIpc) is 3.34. The molecule has 0 N–H and O–H groups in total. The summed E-state index contributed by atoms with van der Waals surface area (Å²) in [5, 5.41) is 0. The number of esters is 3. The predicted octanol–water partition coefficient (Wildman–Crippen LogP) is 18.5. The van der Waals surface area contributed by atoms with Crippen molar-refractivity contribution in [3.8, 4) is 0 Å². The van der Waals surface area contributed by atoms with Crippen molar-refractivity contribution >= 4 is 17.9 Å². The van der Waals surface area contributed by atoms with Crippen molar-refractivity contribution in [1.82, 2.24) is 0 Å². The molecule has 6 heteroatoms. The number of ether oxygens (including phenoxy) is 3. The van der Waals surface area contributed by atoms with Crippen molar-refractivity contribution in [2.24, 2.45) is 0 Å². The third-order valence-corrected chi connectivity index (χ3v) is 11.2. The first-order valence-electron chi connectivity index (χ1n) is 27.6. The highest BCUT2D eigenvalue weighted by atomic mass is 16.6. The van der Waals surface area contributed by atoms with Gasteiger partial charge in [0.1, 0.15) is 13.2 Å². The first-order valence-corrected chi connectivity index (χ1v) is 27.6. The largest absolute Gasteiger partial charge is 0.462 e. The Morgan fingerprint density at radius 3 is 1.04 bits per heavy atom. The topological polar surface area (TPSA) is 78.9 Å². The van der Waals surface area contributed by atoms with Gasteiger partial charge in [0.25, 0.3) is 0 Å².